The predicted molar refractivity (Wildman–Crippen MR) is 70.4 cm³/mol. The predicted octanol–water partition coefficient (Wildman–Crippen LogP) is 1.60. The molecule has 0 aliphatic heterocycles. The van der Waals surface area contributed by atoms with Crippen molar-refractivity contribution in [3.63, 3.8) is 0 Å². The first-order chi connectivity index (χ1) is 7.68. The molecule has 3 N–H and O–H groups in total. The molecule has 0 aliphatic rings. The molecule has 90 valence electrons. The van der Waals surface area contributed by atoms with E-state index >= 15 is 0 Å². The van der Waals surface area contributed by atoms with Gasteiger partial charge < -0.3 is 15.6 Å². The van der Waals surface area contributed by atoms with E-state index < -0.39 is 0 Å². The Hall–Kier alpha value is -1.10. The maximum absolute atomic E-state index is 5.12. The zero-order chi connectivity index (χ0) is 11.8. The first kappa shape index (κ1) is 13.0. The van der Waals surface area contributed by atoms with Gasteiger partial charge in [0.05, 0.1) is 0 Å². The van der Waals surface area contributed by atoms with Gasteiger partial charge in [-0.15, -0.1) is 0 Å². The summed E-state index contributed by atoms with van der Waals surface area (Å²) < 4.78 is 0. The molecule has 0 saturated carbocycles. The van der Waals surface area contributed by atoms with Gasteiger partial charge in [0.25, 0.3) is 0 Å². The minimum absolute atomic E-state index is 0.392. The summed E-state index contributed by atoms with van der Waals surface area (Å²) >= 11 is 5.12. The van der Waals surface area contributed by atoms with Crippen molar-refractivity contribution in [2.24, 2.45) is 0 Å². The highest BCUT2D eigenvalue weighted by Crippen LogP contribution is 1.97. The molecule has 4 nitrogen and oxygen atoms in total. The standard InChI is InChI=1S/C11H20N4S/c1-9(2)15-11(16)14-6-4-3-5-10-12-7-8-13-10/h7-9H,3-6H2,1-2H3,(H,12,13)(H2,14,15,16). The Labute approximate surface area is 102 Å². The fourth-order valence-corrected chi connectivity index (χ4v) is 1.71. The maximum Gasteiger partial charge on any atom is 0.166 e. The van der Waals surface area contributed by atoms with Crippen LogP contribution in [-0.2, 0) is 6.42 Å². The molecule has 0 radical (unpaired) electrons. The smallest absolute Gasteiger partial charge is 0.166 e. The molecule has 1 aromatic heterocycles. The first-order valence-corrected chi connectivity index (χ1v) is 6.12. The monoisotopic (exact) mass is 240 g/mol. The lowest BCUT2D eigenvalue weighted by Gasteiger charge is -2.12. The number of rotatable bonds is 6. The summed E-state index contributed by atoms with van der Waals surface area (Å²) in [5, 5.41) is 7.08. The molecule has 0 fully saturated rings. The Balaban J connectivity index is 1.98. The van der Waals surface area contributed by atoms with Crippen LogP contribution in [0.3, 0.4) is 0 Å². The van der Waals surface area contributed by atoms with Crippen molar-refractivity contribution < 1.29 is 0 Å². The topological polar surface area (TPSA) is 52.7 Å². The van der Waals surface area contributed by atoms with Crippen LogP contribution in [0.25, 0.3) is 0 Å². The average Bonchev–Trinajstić information content (AvgIpc) is 2.68. The van der Waals surface area contributed by atoms with E-state index in [9.17, 15) is 0 Å². The number of nitrogens with zero attached hydrogens (tertiary/aromatic N) is 1. The van der Waals surface area contributed by atoms with Crippen molar-refractivity contribution >= 4 is 17.3 Å². The fourth-order valence-electron chi connectivity index (χ4n) is 1.37. The lowest BCUT2D eigenvalue weighted by atomic mass is 10.2. The molecule has 0 unspecified atom stereocenters. The van der Waals surface area contributed by atoms with Crippen molar-refractivity contribution in [2.45, 2.75) is 39.2 Å². The zero-order valence-electron chi connectivity index (χ0n) is 9.92. The highest BCUT2D eigenvalue weighted by Gasteiger charge is 1.98. The van der Waals surface area contributed by atoms with Crippen LogP contribution in [0.1, 0.15) is 32.5 Å². The number of aromatic amines is 1. The number of thiocarbonyl (C=S) groups is 1. The highest BCUT2D eigenvalue weighted by atomic mass is 32.1. The highest BCUT2D eigenvalue weighted by molar-refractivity contribution is 7.80. The van der Waals surface area contributed by atoms with Crippen LogP contribution in [0.5, 0.6) is 0 Å². The number of hydrogen-bond donors (Lipinski definition) is 3. The first-order valence-electron chi connectivity index (χ1n) is 5.71. The molecule has 1 rings (SSSR count). The van der Waals surface area contributed by atoms with E-state index in [1.165, 1.54) is 0 Å². The van der Waals surface area contributed by atoms with E-state index in [1.807, 2.05) is 6.20 Å². The van der Waals surface area contributed by atoms with Crippen LogP contribution in [0, 0.1) is 0 Å². The third-order valence-corrected chi connectivity index (χ3v) is 2.36. The number of aromatic nitrogens is 2. The zero-order valence-corrected chi connectivity index (χ0v) is 10.7. The van der Waals surface area contributed by atoms with Crippen molar-refractivity contribution in [1.82, 2.24) is 20.6 Å². The molecule has 1 heterocycles. The Kier molecular flexibility index (Phi) is 5.85. The summed E-state index contributed by atoms with van der Waals surface area (Å²) in [4.78, 5) is 7.27. The van der Waals surface area contributed by atoms with Gasteiger partial charge in [-0.1, -0.05) is 0 Å². The number of hydrogen-bond acceptors (Lipinski definition) is 2. The molecule has 16 heavy (non-hydrogen) atoms. The van der Waals surface area contributed by atoms with Crippen molar-refractivity contribution in [3.8, 4) is 0 Å². The van der Waals surface area contributed by atoms with Crippen molar-refractivity contribution in [1.29, 1.82) is 0 Å². The third-order valence-electron chi connectivity index (χ3n) is 2.10. The molecule has 0 aliphatic carbocycles. The Morgan fingerprint density at radius 2 is 2.31 bits per heavy atom. The van der Waals surface area contributed by atoms with E-state index in [4.69, 9.17) is 12.2 Å². The Morgan fingerprint density at radius 3 is 2.94 bits per heavy atom. The summed E-state index contributed by atoms with van der Waals surface area (Å²) in [6, 6.07) is 0.392. The fraction of sp³-hybridized carbons (Fsp3) is 0.636. The van der Waals surface area contributed by atoms with Gasteiger partial charge in [-0.05, 0) is 38.9 Å². The number of imidazole rings is 1. The minimum atomic E-state index is 0.392. The minimum Gasteiger partial charge on any atom is -0.363 e. The molecule has 0 saturated heterocycles. The maximum atomic E-state index is 5.12. The van der Waals surface area contributed by atoms with Gasteiger partial charge in [-0.2, -0.15) is 0 Å². The van der Waals surface area contributed by atoms with Gasteiger partial charge in [0.2, 0.25) is 0 Å². The summed E-state index contributed by atoms with van der Waals surface area (Å²) in [7, 11) is 0. The Bertz CT molecular complexity index is 295. The molecule has 0 bridgehead atoms. The molecule has 1 aromatic rings. The van der Waals surface area contributed by atoms with Crippen LogP contribution in [-0.4, -0.2) is 27.7 Å². The average molecular weight is 240 g/mol. The number of unbranched alkanes of at least 4 members (excludes halogenated alkanes) is 1. The van der Waals surface area contributed by atoms with Gasteiger partial charge in [0, 0.05) is 31.4 Å². The van der Waals surface area contributed by atoms with Crippen LogP contribution < -0.4 is 10.6 Å². The van der Waals surface area contributed by atoms with Crippen LogP contribution >= 0.6 is 12.2 Å². The second kappa shape index (κ2) is 7.22. The number of aryl methyl sites for hydroxylation is 1. The molecule has 5 heteroatoms. The van der Waals surface area contributed by atoms with Crippen LogP contribution in [0.2, 0.25) is 0 Å². The molecule has 0 aromatic carbocycles. The quantitative estimate of drug-likeness (QED) is 0.522. The van der Waals surface area contributed by atoms with Gasteiger partial charge in [-0.25, -0.2) is 4.98 Å². The summed E-state index contributed by atoms with van der Waals surface area (Å²) in [5.74, 6) is 1.06. The van der Waals surface area contributed by atoms with Gasteiger partial charge in [0.15, 0.2) is 5.11 Å². The molecular formula is C11H20N4S. The van der Waals surface area contributed by atoms with E-state index in [0.29, 0.717) is 6.04 Å². The molecule has 0 spiro atoms. The van der Waals surface area contributed by atoms with Crippen molar-refractivity contribution in [2.75, 3.05) is 6.54 Å². The lowest BCUT2D eigenvalue weighted by molar-refractivity contribution is 0.669. The van der Waals surface area contributed by atoms with Crippen molar-refractivity contribution in [3.05, 3.63) is 18.2 Å². The normalized spacial score (nSPS) is 10.4. The van der Waals surface area contributed by atoms with E-state index in [-0.39, 0.29) is 0 Å². The SMILES string of the molecule is CC(C)NC(=S)NCCCCc1ncc[nH]1. The van der Waals surface area contributed by atoms with E-state index in [0.717, 1.165) is 36.7 Å². The largest absolute Gasteiger partial charge is 0.363 e. The number of H-pyrrole nitrogens is 1. The summed E-state index contributed by atoms with van der Waals surface area (Å²) in [6.45, 7) is 5.06. The van der Waals surface area contributed by atoms with E-state index in [2.05, 4.69) is 34.4 Å². The molecular weight excluding hydrogens is 220 g/mol. The van der Waals surface area contributed by atoms with E-state index in [1.54, 1.807) is 6.20 Å². The van der Waals surface area contributed by atoms with Gasteiger partial charge in [-0.3, -0.25) is 0 Å². The second-order valence-electron chi connectivity index (χ2n) is 4.05. The second-order valence-corrected chi connectivity index (χ2v) is 4.46. The van der Waals surface area contributed by atoms with Crippen LogP contribution in [0.4, 0.5) is 0 Å². The summed E-state index contributed by atoms with van der Waals surface area (Å²) in [6.07, 6.45) is 6.86. The Morgan fingerprint density at radius 1 is 1.50 bits per heavy atom. The molecule has 0 amide bonds. The van der Waals surface area contributed by atoms with Crippen LogP contribution in [0.15, 0.2) is 12.4 Å². The lowest BCUT2D eigenvalue weighted by Crippen LogP contribution is -2.39. The molecule has 0 atom stereocenters. The van der Waals surface area contributed by atoms with Gasteiger partial charge >= 0.3 is 0 Å². The number of nitrogens with one attached hydrogen (secondary N) is 3. The third kappa shape index (κ3) is 5.70. The summed E-state index contributed by atoms with van der Waals surface area (Å²) in [5.41, 5.74) is 0. The van der Waals surface area contributed by atoms with Gasteiger partial charge in [0.1, 0.15) is 5.82 Å².